The largest absolute Gasteiger partial charge is 0.493 e. The van der Waals surface area contributed by atoms with Gasteiger partial charge in [0.15, 0.2) is 11.5 Å². The lowest BCUT2D eigenvalue weighted by Crippen LogP contribution is -2.57. The molecule has 3 aromatic heterocycles. The molecular weight excluding hydrogens is 897 g/mol. The lowest BCUT2D eigenvalue weighted by Gasteiger charge is -2.35. The minimum atomic E-state index is -0.864. The maximum atomic E-state index is 14.1. The van der Waals surface area contributed by atoms with Crippen molar-refractivity contribution in [2.24, 2.45) is 5.41 Å². The number of aromatic nitrogens is 3. The van der Waals surface area contributed by atoms with Gasteiger partial charge in [0.05, 0.1) is 48.0 Å². The van der Waals surface area contributed by atoms with E-state index in [0.717, 1.165) is 63.4 Å². The summed E-state index contributed by atoms with van der Waals surface area (Å²) < 4.78 is 11.1. The number of aliphatic hydroxyl groups is 1. The van der Waals surface area contributed by atoms with Crippen molar-refractivity contribution in [2.75, 3.05) is 32.6 Å². The summed E-state index contributed by atoms with van der Waals surface area (Å²) >= 11 is 3.29. The summed E-state index contributed by atoms with van der Waals surface area (Å²) in [6.07, 6.45) is 1.97. The van der Waals surface area contributed by atoms with Crippen molar-refractivity contribution in [3.05, 3.63) is 105 Å². The van der Waals surface area contributed by atoms with Crippen LogP contribution < -0.4 is 30.7 Å². The fraction of sp³-hybridized carbons (Fsp3) is 0.423. The van der Waals surface area contributed by atoms with E-state index >= 15 is 0 Å². The van der Waals surface area contributed by atoms with Crippen LogP contribution in [-0.2, 0) is 27.5 Å². The Morgan fingerprint density at radius 2 is 1.66 bits per heavy atom. The Bertz CT molecular complexity index is 2700. The molecule has 1 aliphatic heterocycles. The van der Waals surface area contributed by atoms with E-state index < -0.39 is 23.6 Å². The van der Waals surface area contributed by atoms with Crippen LogP contribution in [0.2, 0.25) is 0 Å². The second kappa shape index (κ2) is 22.4. The van der Waals surface area contributed by atoms with E-state index in [9.17, 15) is 19.5 Å². The van der Waals surface area contributed by atoms with Crippen molar-refractivity contribution >= 4 is 57.1 Å². The van der Waals surface area contributed by atoms with Crippen LogP contribution in [0.5, 0.6) is 11.5 Å². The number of aryl methyl sites for hydroxylation is 2. The SMILES string of the molecule is COc1cc2nc(C)nc(N[C@H](C)c3cc(-c4ccccc4CNCCCCCC(=O)N[C@H](C(=O)N4C[C@H](O)C[C@H]4C(=O)NCc4ccc(-c5scnc5C)cc4)C(C)(C)C)cs3)c2cc1OC. The third-order valence-electron chi connectivity index (χ3n) is 12.3. The molecule has 0 spiro atoms. The Labute approximate surface area is 407 Å². The highest BCUT2D eigenvalue weighted by Gasteiger charge is 2.44. The van der Waals surface area contributed by atoms with Gasteiger partial charge < -0.3 is 40.7 Å². The summed E-state index contributed by atoms with van der Waals surface area (Å²) in [5, 5.41) is 26.8. The Kier molecular flexibility index (Phi) is 16.5. The van der Waals surface area contributed by atoms with Crippen LogP contribution in [0.1, 0.15) is 93.4 Å². The fourth-order valence-corrected chi connectivity index (χ4v) is 10.3. The van der Waals surface area contributed by atoms with Gasteiger partial charge in [0, 0.05) is 48.8 Å². The van der Waals surface area contributed by atoms with Gasteiger partial charge in [0.1, 0.15) is 23.7 Å². The maximum absolute atomic E-state index is 14.1. The smallest absolute Gasteiger partial charge is 0.246 e. The van der Waals surface area contributed by atoms with Crippen LogP contribution in [0, 0.1) is 19.3 Å². The lowest BCUT2D eigenvalue weighted by atomic mass is 9.85. The number of nitrogens with one attached hydrogen (secondary N) is 4. The number of likely N-dealkylation sites (tertiary alicyclic amines) is 1. The number of thiazole rings is 1. The summed E-state index contributed by atoms with van der Waals surface area (Å²) in [6.45, 7) is 13.5. The molecule has 0 aliphatic carbocycles. The van der Waals surface area contributed by atoms with Crippen LogP contribution in [-0.4, -0.2) is 88.2 Å². The summed E-state index contributed by atoms with van der Waals surface area (Å²) in [5.74, 6) is 1.72. The van der Waals surface area contributed by atoms with Gasteiger partial charge in [-0.05, 0) is 90.9 Å². The molecule has 6 aromatic rings. The third kappa shape index (κ3) is 12.2. The maximum Gasteiger partial charge on any atom is 0.246 e. The van der Waals surface area contributed by atoms with E-state index in [1.54, 1.807) is 36.9 Å². The van der Waals surface area contributed by atoms with E-state index in [2.05, 4.69) is 73.9 Å². The van der Waals surface area contributed by atoms with Crippen molar-refractivity contribution in [3.63, 3.8) is 0 Å². The van der Waals surface area contributed by atoms with Gasteiger partial charge in [0.2, 0.25) is 17.7 Å². The molecule has 0 radical (unpaired) electrons. The van der Waals surface area contributed by atoms with Crippen LogP contribution in [0.3, 0.4) is 0 Å². The second-order valence-electron chi connectivity index (χ2n) is 18.5. The number of aliphatic hydroxyl groups excluding tert-OH is 1. The highest BCUT2D eigenvalue weighted by Crippen LogP contribution is 2.37. The zero-order chi connectivity index (χ0) is 48.5. The first-order chi connectivity index (χ1) is 32.6. The molecule has 0 saturated carbocycles. The molecule has 1 aliphatic rings. The standard InChI is InChI=1S/C52H64N8O6S2/c1-31(56-49-40-24-43(65-7)44(66-8)25-41(40)57-33(3)58-49)45-22-37(29-67-45)39-15-12-11-14-36(39)27-53-21-13-9-10-16-46(62)59-48(52(4,5)6)51(64)60-28-38(61)23-42(60)50(63)54-26-34-17-19-35(20-18-34)47-32(2)55-30-68-47/h11-12,14-15,17-20,22,24-25,29-31,38,42,48,53,61H,9-10,13,16,21,23,26-28H2,1-8H3,(H,54,63)(H,59,62)(H,56,57,58)/t31-,38-,42+,48-/m1/s1. The molecule has 68 heavy (non-hydrogen) atoms. The number of ether oxygens (including phenoxy) is 2. The zero-order valence-electron chi connectivity index (χ0n) is 40.3. The normalized spacial score (nSPS) is 15.8. The molecule has 7 rings (SSSR count). The molecular formula is C52H64N8O6S2. The molecule has 1 saturated heterocycles. The molecule has 3 amide bonds. The number of methoxy groups -OCH3 is 2. The predicted molar refractivity (Wildman–Crippen MR) is 271 cm³/mol. The second-order valence-corrected chi connectivity index (χ2v) is 20.3. The first-order valence-electron chi connectivity index (χ1n) is 23.2. The predicted octanol–water partition coefficient (Wildman–Crippen LogP) is 8.75. The summed E-state index contributed by atoms with van der Waals surface area (Å²) in [6, 6.07) is 20.7. The quantitative estimate of drug-likeness (QED) is 0.0462. The van der Waals surface area contributed by atoms with Crippen molar-refractivity contribution in [3.8, 4) is 33.1 Å². The van der Waals surface area contributed by atoms with Crippen LogP contribution in [0.25, 0.3) is 32.5 Å². The fourth-order valence-electron chi connectivity index (χ4n) is 8.58. The number of fused-ring (bicyclic) bond motifs is 1. The third-order valence-corrected chi connectivity index (χ3v) is 14.4. The lowest BCUT2D eigenvalue weighted by molar-refractivity contribution is -0.144. The van der Waals surface area contributed by atoms with E-state index in [0.29, 0.717) is 30.3 Å². The number of carbonyl (C=O) groups excluding carboxylic acids is 3. The molecule has 0 unspecified atom stereocenters. The minimum absolute atomic E-state index is 0.0170. The monoisotopic (exact) mass is 960 g/mol. The molecule has 16 heteroatoms. The van der Waals surface area contributed by atoms with Crippen LogP contribution in [0.4, 0.5) is 5.82 Å². The van der Waals surface area contributed by atoms with Crippen molar-refractivity contribution in [2.45, 2.75) is 111 Å². The van der Waals surface area contributed by atoms with Gasteiger partial charge in [0.25, 0.3) is 0 Å². The topological polar surface area (TPSA) is 180 Å². The average Bonchev–Trinajstić information content (AvgIpc) is 4.09. The number of benzene rings is 3. The molecule has 14 nitrogen and oxygen atoms in total. The number of unbranched alkanes of at least 4 members (excludes halogenated alkanes) is 2. The Balaban J connectivity index is 0.861. The molecule has 5 N–H and O–H groups in total. The van der Waals surface area contributed by atoms with Crippen molar-refractivity contribution in [1.29, 1.82) is 0 Å². The van der Waals surface area contributed by atoms with E-state index in [4.69, 9.17) is 14.5 Å². The Morgan fingerprint density at radius 3 is 2.38 bits per heavy atom. The van der Waals surface area contributed by atoms with Gasteiger partial charge in [-0.15, -0.1) is 22.7 Å². The van der Waals surface area contributed by atoms with Gasteiger partial charge >= 0.3 is 0 Å². The number of carbonyl (C=O) groups is 3. The molecule has 3 aromatic carbocycles. The number of hydrogen-bond acceptors (Lipinski definition) is 13. The number of nitrogens with zero attached hydrogens (tertiary/aromatic N) is 4. The number of hydrogen-bond donors (Lipinski definition) is 5. The minimum Gasteiger partial charge on any atom is -0.493 e. The van der Waals surface area contributed by atoms with E-state index in [1.165, 1.54) is 20.9 Å². The molecule has 0 bridgehead atoms. The van der Waals surface area contributed by atoms with Gasteiger partial charge in [-0.3, -0.25) is 14.4 Å². The molecule has 1 fully saturated rings. The number of thiophene rings is 1. The highest BCUT2D eigenvalue weighted by atomic mass is 32.1. The van der Waals surface area contributed by atoms with Crippen molar-refractivity contribution < 1.29 is 29.0 Å². The van der Waals surface area contributed by atoms with Crippen molar-refractivity contribution in [1.82, 2.24) is 35.8 Å². The Morgan fingerprint density at radius 1 is 0.912 bits per heavy atom. The van der Waals surface area contributed by atoms with Gasteiger partial charge in [-0.1, -0.05) is 75.7 Å². The number of β-amino-alcohol motifs (C(OH)–C–C–N with tert-alkyl or cyclic N) is 1. The molecule has 360 valence electrons. The molecule has 4 heterocycles. The number of amides is 3. The number of rotatable bonds is 20. The van der Waals surface area contributed by atoms with E-state index in [1.807, 2.05) is 76.5 Å². The summed E-state index contributed by atoms with van der Waals surface area (Å²) in [4.78, 5) is 58.3. The first-order valence-corrected chi connectivity index (χ1v) is 25.0. The zero-order valence-corrected chi connectivity index (χ0v) is 41.9. The van der Waals surface area contributed by atoms with E-state index in [-0.39, 0.29) is 49.7 Å². The average molecular weight is 961 g/mol. The molecule has 4 atom stereocenters. The number of anilines is 1. The van der Waals surface area contributed by atoms with Crippen LogP contribution in [0.15, 0.2) is 77.6 Å². The highest BCUT2D eigenvalue weighted by molar-refractivity contribution is 7.13. The first kappa shape index (κ1) is 50.0. The summed E-state index contributed by atoms with van der Waals surface area (Å²) in [7, 11) is 3.23. The summed E-state index contributed by atoms with van der Waals surface area (Å²) in [5.41, 5.74) is 8.46. The van der Waals surface area contributed by atoms with Gasteiger partial charge in [-0.25, -0.2) is 15.0 Å². The Hall–Kier alpha value is -5.94. The van der Waals surface area contributed by atoms with Crippen LogP contribution >= 0.6 is 22.7 Å². The van der Waals surface area contributed by atoms with Gasteiger partial charge in [-0.2, -0.15) is 0 Å².